The number of amides is 1. The zero-order valence-corrected chi connectivity index (χ0v) is 12.1. The van der Waals surface area contributed by atoms with Crippen molar-refractivity contribution < 1.29 is 14.7 Å². The molecule has 2 bridgehead atoms. The largest absolute Gasteiger partial charge is 0.481 e. The molecule has 0 aliphatic heterocycles. The van der Waals surface area contributed by atoms with Gasteiger partial charge < -0.3 is 10.0 Å². The summed E-state index contributed by atoms with van der Waals surface area (Å²) in [6.07, 6.45) is 5.66. The van der Waals surface area contributed by atoms with Crippen LogP contribution in [0.5, 0.6) is 0 Å². The Bertz CT molecular complexity index is 427. The quantitative estimate of drug-likeness (QED) is 0.792. The van der Waals surface area contributed by atoms with Gasteiger partial charge in [0.15, 0.2) is 0 Å². The zero-order valence-electron chi connectivity index (χ0n) is 12.1. The first kappa shape index (κ1) is 14.1. The van der Waals surface area contributed by atoms with Crippen LogP contribution in [0.15, 0.2) is 12.2 Å². The summed E-state index contributed by atoms with van der Waals surface area (Å²) in [5.74, 6) is -1.64. The third-order valence-corrected chi connectivity index (χ3v) is 5.13. The molecule has 1 fully saturated rings. The smallest absolute Gasteiger partial charge is 0.307 e. The van der Waals surface area contributed by atoms with Crippen LogP contribution in [-0.4, -0.2) is 34.5 Å². The van der Waals surface area contributed by atoms with Crippen LogP contribution < -0.4 is 0 Å². The first-order valence-electron chi connectivity index (χ1n) is 6.98. The highest BCUT2D eigenvalue weighted by atomic mass is 16.4. The highest BCUT2D eigenvalue weighted by molar-refractivity contribution is 5.87. The van der Waals surface area contributed by atoms with Gasteiger partial charge in [0.2, 0.25) is 5.91 Å². The SMILES string of the molecule is CCC(C)(C)N(C)C(=O)[C@H]1C2C=CC(C2)[C@H]1C(=O)O. The van der Waals surface area contributed by atoms with Gasteiger partial charge in [0.25, 0.3) is 0 Å². The van der Waals surface area contributed by atoms with Crippen molar-refractivity contribution in [3.8, 4) is 0 Å². The molecule has 4 atom stereocenters. The second-order valence-corrected chi connectivity index (χ2v) is 6.40. The number of carbonyl (C=O) groups excluding carboxylic acids is 1. The number of hydrogen-bond acceptors (Lipinski definition) is 2. The van der Waals surface area contributed by atoms with Gasteiger partial charge in [0.1, 0.15) is 0 Å². The summed E-state index contributed by atoms with van der Waals surface area (Å²) in [5, 5.41) is 9.39. The van der Waals surface area contributed by atoms with E-state index in [1.54, 1.807) is 11.9 Å². The Balaban J connectivity index is 2.23. The number of hydrogen-bond donors (Lipinski definition) is 1. The molecule has 4 heteroatoms. The number of fused-ring (bicyclic) bond motifs is 2. The lowest BCUT2D eigenvalue weighted by molar-refractivity contribution is -0.152. The van der Waals surface area contributed by atoms with Crippen molar-refractivity contribution in [1.29, 1.82) is 0 Å². The number of aliphatic carboxylic acids is 1. The number of carboxylic acids is 1. The van der Waals surface area contributed by atoms with Crippen LogP contribution in [0.2, 0.25) is 0 Å². The van der Waals surface area contributed by atoms with E-state index < -0.39 is 11.9 Å². The molecule has 0 aromatic carbocycles. The molecule has 2 aliphatic rings. The van der Waals surface area contributed by atoms with Crippen molar-refractivity contribution in [3.63, 3.8) is 0 Å². The molecule has 0 saturated heterocycles. The Morgan fingerprint density at radius 3 is 2.26 bits per heavy atom. The second-order valence-electron chi connectivity index (χ2n) is 6.40. The fourth-order valence-corrected chi connectivity index (χ4v) is 3.25. The highest BCUT2D eigenvalue weighted by Gasteiger charge is 2.53. The van der Waals surface area contributed by atoms with Crippen molar-refractivity contribution >= 4 is 11.9 Å². The molecule has 0 aromatic heterocycles. The predicted molar refractivity (Wildman–Crippen MR) is 72.5 cm³/mol. The minimum atomic E-state index is -0.835. The molecule has 0 aromatic rings. The third-order valence-electron chi connectivity index (χ3n) is 5.13. The van der Waals surface area contributed by atoms with E-state index in [4.69, 9.17) is 0 Å². The Labute approximate surface area is 114 Å². The standard InChI is InChI=1S/C15H23NO3/c1-5-15(2,3)16(4)13(17)11-9-6-7-10(8-9)12(11)14(18)19/h6-7,9-12H,5,8H2,1-4H3,(H,18,19)/t9?,10?,11-,12+/m0/s1. The van der Waals surface area contributed by atoms with E-state index in [1.165, 1.54) is 0 Å². The van der Waals surface area contributed by atoms with Gasteiger partial charge in [-0.1, -0.05) is 19.1 Å². The van der Waals surface area contributed by atoms with Gasteiger partial charge >= 0.3 is 5.97 Å². The van der Waals surface area contributed by atoms with Crippen molar-refractivity contribution in [1.82, 2.24) is 4.90 Å². The molecule has 0 radical (unpaired) electrons. The monoisotopic (exact) mass is 265 g/mol. The lowest BCUT2D eigenvalue weighted by atomic mass is 9.81. The Kier molecular flexibility index (Phi) is 3.45. The Morgan fingerprint density at radius 2 is 1.79 bits per heavy atom. The topological polar surface area (TPSA) is 57.6 Å². The number of carbonyl (C=O) groups is 2. The Hall–Kier alpha value is -1.32. The van der Waals surface area contributed by atoms with E-state index in [-0.39, 0.29) is 29.2 Å². The number of rotatable bonds is 4. The summed E-state index contributed by atoms with van der Waals surface area (Å²) in [5.41, 5.74) is -0.230. The average molecular weight is 265 g/mol. The van der Waals surface area contributed by atoms with Crippen LogP contribution in [0.3, 0.4) is 0 Å². The van der Waals surface area contributed by atoms with Gasteiger partial charge in [-0.2, -0.15) is 0 Å². The summed E-state index contributed by atoms with van der Waals surface area (Å²) >= 11 is 0. The molecule has 19 heavy (non-hydrogen) atoms. The molecule has 2 unspecified atom stereocenters. The van der Waals surface area contributed by atoms with Crippen LogP contribution in [0, 0.1) is 23.7 Å². The predicted octanol–water partition coefficient (Wildman–Crippen LogP) is 2.16. The first-order valence-corrected chi connectivity index (χ1v) is 6.98. The normalized spacial score (nSPS) is 32.6. The second kappa shape index (κ2) is 4.66. The first-order chi connectivity index (χ1) is 8.79. The van der Waals surface area contributed by atoms with E-state index in [2.05, 4.69) is 0 Å². The van der Waals surface area contributed by atoms with Crippen molar-refractivity contribution in [2.24, 2.45) is 23.7 Å². The molecule has 106 valence electrons. The molecule has 1 saturated carbocycles. The highest BCUT2D eigenvalue weighted by Crippen LogP contribution is 2.49. The van der Waals surface area contributed by atoms with Crippen LogP contribution in [0.25, 0.3) is 0 Å². The lowest BCUT2D eigenvalue weighted by Crippen LogP contribution is -2.50. The van der Waals surface area contributed by atoms with Gasteiger partial charge in [0.05, 0.1) is 11.8 Å². The van der Waals surface area contributed by atoms with Crippen molar-refractivity contribution in [3.05, 3.63) is 12.2 Å². The van der Waals surface area contributed by atoms with Crippen molar-refractivity contribution in [2.45, 2.75) is 39.2 Å². The van der Waals surface area contributed by atoms with E-state index in [9.17, 15) is 14.7 Å². The van der Waals surface area contributed by atoms with Crippen LogP contribution in [-0.2, 0) is 9.59 Å². The minimum absolute atomic E-state index is 0.0175. The molecular formula is C15H23NO3. The molecule has 1 amide bonds. The van der Waals surface area contributed by atoms with Crippen LogP contribution >= 0.6 is 0 Å². The maximum absolute atomic E-state index is 12.7. The summed E-state index contributed by atoms with van der Waals surface area (Å²) in [6.45, 7) is 6.08. The summed E-state index contributed by atoms with van der Waals surface area (Å²) in [6, 6.07) is 0. The molecule has 2 rings (SSSR count). The summed E-state index contributed by atoms with van der Waals surface area (Å²) < 4.78 is 0. The van der Waals surface area contributed by atoms with Crippen LogP contribution in [0.1, 0.15) is 33.6 Å². The molecule has 4 nitrogen and oxygen atoms in total. The summed E-state index contributed by atoms with van der Waals surface area (Å²) in [4.78, 5) is 25.9. The van der Waals surface area contributed by atoms with E-state index in [0.717, 1.165) is 12.8 Å². The van der Waals surface area contributed by atoms with Crippen LogP contribution in [0.4, 0.5) is 0 Å². The van der Waals surface area contributed by atoms with E-state index in [1.807, 2.05) is 32.9 Å². The van der Waals surface area contributed by atoms with E-state index >= 15 is 0 Å². The number of allylic oxidation sites excluding steroid dienone is 2. The van der Waals surface area contributed by atoms with Gasteiger partial charge in [-0.05, 0) is 38.5 Å². The van der Waals surface area contributed by atoms with Gasteiger partial charge in [-0.3, -0.25) is 9.59 Å². The Morgan fingerprint density at radius 1 is 1.26 bits per heavy atom. The minimum Gasteiger partial charge on any atom is -0.481 e. The van der Waals surface area contributed by atoms with Gasteiger partial charge in [0, 0.05) is 12.6 Å². The molecule has 1 N–H and O–H groups in total. The third kappa shape index (κ3) is 2.17. The average Bonchev–Trinajstić information content (AvgIpc) is 2.96. The maximum atomic E-state index is 12.7. The summed E-state index contributed by atoms with van der Waals surface area (Å²) in [7, 11) is 1.79. The number of carboxylic acid groups (broad SMARTS) is 1. The molecule has 0 spiro atoms. The molecule has 0 heterocycles. The van der Waals surface area contributed by atoms with Gasteiger partial charge in [-0.25, -0.2) is 0 Å². The zero-order chi connectivity index (χ0) is 14.4. The number of nitrogens with zero attached hydrogens (tertiary/aromatic N) is 1. The molecule has 2 aliphatic carbocycles. The fourth-order valence-electron chi connectivity index (χ4n) is 3.25. The maximum Gasteiger partial charge on any atom is 0.307 e. The molecular weight excluding hydrogens is 242 g/mol. The van der Waals surface area contributed by atoms with E-state index in [0.29, 0.717) is 0 Å². The fraction of sp³-hybridized carbons (Fsp3) is 0.733. The van der Waals surface area contributed by atoms with Crippen molar-refractivity contribution in [2.75, 3.05) is 7.05 Å². The van der Waals surface area contributed by atoms with Gasteiger partial charge in [-0.15, -0.1) is 0 Å². The lowest BCUT2D eigenvalue weighted by Gasteiger charge is -2.38.